The molecular formula is C16H23NO2. The Hall–Kier alpha value is -1.35. The van der Waals surface area contributed by atoms with Crippen molar-refractivity contribution in [3.63, 3.8) is 0 Å². The highest BCUT2D eigenvalue weighted by molar-refractivity contribution is 5.70. The Morgan fingerprint density at radius 1 is 1.26 bits per heavy atom. The number of aryl methyl sites for hydroxylation is 1. The Morgan fingerprint density at radius 3 is 2.47 bits per heavy atom. The molecule has 1 N–H and O–H groups in total. The average molecular weight is 261 g/mol. The highest BCUT2D eigenvalue weighted by Crippen LogP contribution is 2.24. The molecule has 19 heavy (non-hydrogen) atoms. The molecule has 1 aromatic rings. The van der Waals surface area contributed by atoms with Crippen LogP contribution in [-0.4, -0.2) is 28.6 Å². The molecule has 3 heteroatoms. The number of aliphatic carboxylic acids is 1. The average Bonchev–Trinajstić information content (AvgIpc) is 2.42. The summed E-state index contributed by atoms with van der Waals surface area (Å²) in [5.41, 5.74) is 2.62. The van der Waals surface area contributed by atoms with Gasteiger partial charge >= 0.3 is 5.97 Å². The predicted molar refractivity (Wildman–Crippen MR) is 76.1 cm³/mol. The Morgan fingerprint density at radius 2 is 1.89 bits per heavy atom. The Labute approximate surface area is 115 Å². The lowest BCUT2D eigenvalue weighted by Gasteiger charge is -2.36. The van der Waals surface area contributed by atoms with Crippen molar-refractivity contribution in [2.75, 3.05) is 6.54 Å². The Bertz CT molecular complexity index is 427. The number of rotatable bonds is 4. The Kier molecular flexibility index (Phi) is 4.59. The fourth-order valence-electron chi connectivity index (χ4n) is 2.72. The molecule has 1 saturated heterocycles. The molecule has 3 nitrogen and oxygen atoms in total. The Balaban J connectivity index is 2.01. The molecule has 2 rings (SSSR count). The maximum absolute atomic E-state index is 11.1. The number of likely N-dealkylation sites (tertiary alicyclic amines) is 1. The molecule has 0 bridgehead atoms. The molecule has 1 fully saturated rings. The fraction of sp³-hybridized carbons (Fsp3) is 0.562. The van der Waals surface area contributed by atoms with Crippen LogP contribution in [0.2, 0.25) is 0 Å². The van der Waals surface area contributed by atoms with Gasteiger partial charge in [0.2, 0.25) is 0 Å². The second kappa shape index (κ2) is 6.20. The lowest BCUT2D eigenvalue weighted by atomic mass is 9.93. The molecule has 1 aromatic carbocycles. The van der Waals surface area contributed by atoms with Crippen molar-refractivity contribution < 1.29 is 9.90 Å². The van der Waals surface area contributed by atoms with Gasteiger partial charge in [-0.1, -0.05) is 31.2 Å². The molecular weight excluding hydrogens is 238 g/mol. The summed E-state index contributed by atoms with van der Waals surface area (Å²) in [5.74, 6) is -0.857. The number of carboxylic acids is 1. The van der Waals surface area contributed by atoms with E-state index in [1.54, 1.807) is 0 Å². The minimum Gasteiger partial charge on any atom is -0.481 e. The maximum Gasteiger partial charge on any atom is 0.307 e. The number of carboxylic acid groups (broad SMARTS) is 1. The number of nitrogens with zero attached hydrogens (tertiary/aromatic N) is 1. The van der Waals surface area contributed by atoms with Gasteiger partial charge in [-0.15, -0.1) is 0 Å². The van der Waals surface area contributed by atoms with Crippen LogP contribution in [0.1, 0.15) is 37.8 Å². The molecule has 0 radical (unpaired) electrons. The topological polar surface area (TPSA) is 40.5 Å². The van der Waals surface area contributed by atoms with E-state index in [0.29, 0.717) is 12.6 Å². The minimum absolute atomic E-state index is 0.203. The summed E-state index contributed by atoms with van der Waals surface area (Å²) in [7, 11) is 0. The largest absolute Gasteiger partial charge is 0.481 e. The zero-order valence-electron chi connectivity index (χ0n) is 11.8. The number of hydrogen-bond acceptors (Lipinski definition) is 2. The van der Waals surface area contributed by atoms with Crippen LogP contribution >= 0.6 is 0 Å². The van der Waals surface area contributed by atoms with Crippen LogP contribution in [0.15, 0.2) is 24.3 Å². The summed E-state index contributed by atoms with van der Waals surface area (Å²) in [6.45, 7) is 5.87. The molecule has 2 unspecified atom stereocenters. The summed E-state index contributed by atoms with van der Waals surface area (Å²) in [6, 6.07) is 9.13. The van der Waals surface area contributed by atoms with Gasteiger partial charge in [0, 0.05) is 19.1 Å². The van der Waals surface area contributed by atoms with Crippen LogP contribution < -0.4 is 0 Å². The summed E-state index contributed by atoms with van der Waals surface area (Å²) in [4.78, 5) is 13.4. The van der Waals surface area contributed by atoms with E-state index in [4.69, 9.17) is 5.11 Å². The van der Waals surface area contributed by atoms with Gasteiger partial charge in [-0.3, -0.25) is 9.69 Å². The molecule has 0 spiro atoms. The maximum atomic E-state index is 11.1. The first kappa shape index (κ1) is 14.1. The van der Waals surface area contributed by atoms with Crippen molar-refractivity contribution in [3.05, 3.63) is 35.4 Å². The molecule has 0 amide bonds. The van der Waals surface area contributed by atoms with E-state index in [-0.39, 0.29) is 5.92 Å². The second-order valence-corrected chi connectivity index (χ2v) is 5.56. The molecule has 0 aromatic heterocycles. The third kappa shape index (κ3) is 3.57. The van der Waals surface area contributed by atoms with Gasteiger partial charge in [-0.25, -0.2) is 0 Å². The van der Waals surface area contributed by atoms with E-state index < -0.39 is 5.97 Å². The monoisotopic (exact) mass is 261 g/mol. The van der Waals surface area contributed by atoms with Gasteiger partial charge < -0.3 is 5.11 Å². The first-order valence-electron chi connectivity index (χ1n) is 7.14. The van der Waals surface area contributed by atoms with Crippen molar-refractivity contribution in [1.29, 1.82) is 0 Å². The van der Waals surface area contributed by atoms with E-state index in [0.717, 1.165) is 25.8 Å². The summed E-state index contributed by atoms with van der Waals surface area (Å²) in [5, 5.41) is 9.15. The number of piperidine rings is 1. The van der Waals surface area contributed by atoms with Gasteiger partial charge in [0.1, 0.15) is 0 Å². The third-order valence-electron chi connectivity index (χ3n) is 4.18. The summed E-state index contributed by atoms with van der Waals surface area (Å²) in [6.07, 6.45) is 2.84. The fourth-order valence-corrected chi connectivity index (χ4v) is 2.72. The molecule has 1 aliphatic heterocycles. The second-order valence-electron chi connectivity index (χ2n) is 5.56. The summed E-state index contributed by atoms with van der Waals surface area (Å²) >= 11 is 0. The third-order valence-corrected chi connectivity index (χ3v) is 4.18. The predicted octanol–water partition coefficient (Wildman–Crippen LogP) is 2.93. The van der Waals surface area contributed by atoms with Crippen molar-refractivity contribution in [2.24, 2.45) is 5.92 Å². The van der Waals surface area contributed by atoms with E-state index in [1.807, 2.05) is 0 Å². The zero-order valence-corrected chi connectivity index (χ0v) is 11.8. The van der Waals surface area contributed by atoms with E-state index in [1.165, 1.54) is 11.1 Å². The first-order chi connectivity index (χ1) is 9.10. The quantitative estimate of drug-likeness (QED) is 0.906. The van der Waals surface area contributed by atoms with Crippen molar-refractivity contribution >= 4 is 5.97 Å². The molecule has 0 aliphatic carbocycles. The van der Waals surface area contributed by atoms with Crippen molar-refractivity contribution in [2.45, 2.75) is 45.7 Å². The highest BCUT2D eigenvalue weighted by Gasteiger charge is 2.29. The first-order valence-corrected chi connectivity index (χ1v) is 7.14. The van der Waals surface area contributed by atoms with Gasteiger partial charge in [0.15, 0.2) is 0 Å². The highest BCUT2D eigenvalue weighted by atomic mass is 16.4. The van der Waals surface area contributed by atoms with Gasteiger partial charge in [0.05, 0.1) is 5.92 Å². The smallest absolute Gasteiger partial charge is 0.307 e. The standard InChI is InChI=1S/C16H23NO2/c1-3-13-5-7-14(8-6-13)10-17-11-15(16(18)19)9-4-12(17)2/h5-8,12,15H,3-4,9-11H2,1-2H3,(H,18,19). The number of hydrogen-bond donors (Lipinski definition) is 1. The normalized spacial score (nSPS) is 24.3. The van der Waals surface area contributed by atoms with Crippen LogP contribution in [0.3, 0.4) is 0 Å². The van der Waals surface area contributed by atoms with Crippen LogP contribution in [0.4, 0.5) is 0 Å². The summed E-state index contributed by atoms with van der Waals surface area (Å²) < 4.78 is 0. The van der Waals surface area contributed by atoms with Crippen molar-refractivity contribution in [3.8, 4) is 0 Å². The minimum atomic E-state index is -0.654. The van der Waals surface area contributed by atoms with E-state index in [2.05, 4.69) is 43.0 Å². The van der Waals surface area contributed by atoms with Gasteiger partial charge in [0.25, 0.3) is 0 Å². The molecule has 104 valence electrons. The van der Waals surface area contributed by atoms with Crippen LogP contribution in [0.25, 0.3) is 0 Å². The lowest BCUT2D eigenvalue weighted by Crippen LogP contribution is -2.43. The number of carbonyl (C=O) groups is 1. The lowest BCUT2D eigenvalue weighted by molar-refractivity contribution is -0.144. The number of benzene rings is 1. The SMILES string of the molecule is CCc1ccc(CN2CC(C(=O)O)CCC2C)cc1. The molecule has 1 aliphatic rings. The molecule has 1 heterocycles. The molecule has 0 saturated carbocycles. The van der Waals surface area contributed by atoms with Crippen molar-refractivity contribution in [1.82, 2.24) is 4.90 Å². The van der Waals surface area contributed by atoms with Gasteiger partial charge in [-0.05, 0) is 37.3 Å². The molecule has 2 atom stereocenters. The zero-order chi connectivity index (χ0) is 13.8. The van der Waals surface area contributed by atoms with Crippen LogP contribution in [-0.2, 0) is 17.8 Å². The van der Waals surface area contributed by atoms with Crippen LogP contribution in [0, 0.1) is 5.92 Å². The van der Waals surface area contributed by atoms with E-state index >= 15 is 0 Å². The van der Waals surface area contributed by atoms with Gasteiger partial charge in [-0.2, -0.15) is 0 Å². The van der Waals surface area contributed by atoms with E-state index in [9.17, 15) is 4.79 Å². The van der Waals surface area contributed by atoms with Crippen LogP contribution in [0.5, 0.6) is 0 Å².